The zero-order valence-electron chi connectivity index (χ0n) is 18.7. The van der Waals surface area contributed by atoms with Crippen LogP contribution in [-0.4, -0.2) is 43.8 Å². The lowest BCUT2D eigenvalue weighted by molar-refractivity contribution is 0.0950. The number of rotatable bonds is 12. The standard InChI is InChI=1S/C25H33N3O3/c1-19(2)17-27-25(29)22-18-28(24-21(22)11-7-12-23(24)30-3)15-8-13-26-14-16-31-20-9-5-4-6-10-20/h4-7,9-12,18-19,26H,8,13-17H2,1-3H3,(H,27,29). The molecule has 1 aromatic heterocycles. The van der Waals surface area contributed by atoms with Gasteiger partial charge in [0.05, 0.1) is 18.2 Å². The van der Waals surface area contributed by atoms with E-state index in [4.69, 9.17) is 9.47 Å². The number of methoxy groups -OCH3 is 1. The third-order valence-electron chi connectivity index (χ3n) is 5.04. The van der Waals surface area contributed by atoms with Gasteiger partial charge >= 0.3 is 0 Å². The first-order chi connectivity index (χ1) is 15.1. The number of hydrogen-bond acceptors (Lipinski definition) is 4. The molecule has 0 aliphatic heterocycles. The Labute approximate surface area is 184 Å². The number of carbonyl (C=O) groups is 1. The molecule has 31 heavy (non-hydrogen) atoms. The van der Waals surface area contributed by atoms with Gasteiger partial charge in [-0.05, 0) is 37.1 Å². The van der Waals surface area contributed by atoms with Gasteiger partial charge in [0.2, 0.25) is 0 Å². The lowest BCUT2D eigenvalue weighted by atomic mass is 10.1. The van der Waals surface area contributed by atoms with E-state index in [1.54, 1.807) is 7.11 Å². The van der Waals surface area contributed by atoms with Crippen LogP contribution in [0.15, 0.2) is 54.7 Å². The second-order valence-corrected chi connectivity index (χ2v) is 7.96. The van der Waals surface area contributed by atoms with E-state index in [9.17, 15) is 4.79 Å². The fraction of sp³-hybridized carbons (Fsp3) is 0.400. The number of carbonyl (C=O) groups excluding carboxylic acids is 1. The summed E-state index contributed by atoms with van der Waals surface area (Å²) in [6.07, 6.45) is 2.88. The number of benzene rings is 2. The summed E-state index contributed by atoms with van der Waals surface area (Å²) in [4.78, 5) is 12.7. The van der Waals surface area contributed by atoms with Gasteiger partial charge in [0.25, 0.3) is 5.91 Å². The van der Waals surface area contributed by atoms with Crippen molar-refractivity contribution in [3.8, 4) is 11.5 Å². The Morgan fingerprint density at radius 2 is 1.87 bits per heavy atom. The van der Waals surface area contributed by atoms with E-state index in [0.29, 0.717) is 24.6 Å². The van der Waals surface area contributed by atoms with Crippen LogP contribution in [0.4, 0.5) is 0 Å². The summed E-state index contributed by atoms with van der Waals surface area (Å²) >= 11 is 0. The highest BCUT2D eigenvalue weighted by atomic mass is 16.5. The molecule has 0 saturated heterocycles. The SMILES string of the molecule is COc1cccc2c(C(=O)NCC(C)C)cn(CCCNCCOc3ccccc3)c12. The largest absolute Gasteiger partial charge is 0.495 e. The summed E-state index contributed by atoms with van der Waals surface area (Å²) in [7, 11) is 1.67. The second-order valence-electron chi connectivity index (χ2n) is 7.96. The van der Waals surface area contributed by atoms with Crippen LogP contribution < -0.4 is 20.1 Å². The molecule has 0 saturated carbocycles. The van der Waals surface area contributed by atoms with Crippen molar-refractivity contribution in [2.45, 2.75) is 26.8 Å². The van der Waals surface area contributed by atoms with Crippen LogP contribution in [0, 0.1) is 5.92 Å². The molecule has 1 heterocycles. The predicted molar refractivity (Wildman–Crippen MR) is 125 cm³/mol. The van der Waals surface area contributed by atoms with Gasteiger partial charge < -0.3 is 24.7 Å². The van der Waals surface area contributed by atoms with E-state index in [2.05, 4.69) is 29.0 Å². The molecule has 0 aliphatic carbocycles. The van der Waals surface area contributed by atoms with Crippen molar-refractivity contribution < 1.29 is 14.3 Å². The molecule has 2 aromatic carbocycles. The van der Waals surface area contributed by atoms with Crippen molar-refractivity contribution in [1.29, 1.82) is 0 Å². The molecule has 0 radical (unpaired) electrons. The summed E-state index contributed by atoms with van der Waals surface area (Å²) in [6, 6.07) is 15.7. The summed E-state index contributed by atoms with van der Waals surface area (Å²) in [5.41, 5.74) is 1.66. The maximum atomic E-state index is 12.7. The van der Waals surface area contributed by atoms with Crippen LogP contribution >= 0.6 is 0 Å². The van der Waals surface area contributed by atoms with Gasteiger partial charge in [-0.2, -0.15) is 0 Å². The molecular formula is C25H33N3O3. The zero-order valence-corrected chi connectivity index (χ0v) is 18.7. The predicted octanol–water partition coefficient (Wildman–Crippen LogP) is 4.09. The number of ether oxygens (including phenoxy) is 2. The number of nitrogens with zero attached hydrogens (tertiary/aromatic N) is 1. The molecule has 2 N–H and O–H groups in total. The Balaban J connectivity index is 1.57. The van der Waals surface area contributed by atoms with Gasteiger partial charge in [0.1, 0.15) is 18.1 Å². The van der Waals surface area contributed by atoms with E-state index < -0.39 is 0 Å². The first-order valence-electron chi connectivity index (χ1n) is 10.9. The Hall–Kier alpha value is -2.99. The lowest BCUT2D eigenvalue weighted by Gasteiger charge is -2.10. The fourth-order valence-corrected chi connectivity index (χ4v) is 3.50. The molecule has 166 valence electrons. The van der Waals surface area contributed by atoms with Crippen molar-refractivity contribution in [2.24, 2.45) is 5.92 Å². The Kier molecular flexibility index (Phi) is 8.35. The molecule has 6 heteroatoms. The van der Waals surface area contributed by atoms with Crippen molar-refractivity contribution >= 4 is 16.8 Å². The molecular weight excluding hydrogens is 390 g/mol. The average Bonchev–Trinajstić information content (AvgIpc) is 3.16. The number of fused-ring (bicyclic) bond motifs is 1. The van der Waals surface area contributed by atoms with E-state index in [-0.39, 0.29) is 5.91 Å². The number of aromatic nitrogens is 1. The number of aryl methyl sites for hydroxylation is 1. The summed E-state index contributed by atoms with van der Waals surface area (Å²) in [6.45, 7) is 7.90. The van der Waals surface area contributed by atoms with Crippen LogP contribution in [0.3, 0.4) is 0 Å². The van der Waals surface area contributed by atoms with E-state index >= 15 is 0 Å². The van der Waals surface area contributed by atoms with Gasteiger partial charge in [0.15, 0.2) is 0 Å². The highest BCUT2D eigenvalue weighted by Crippen LogP contribution is 2.30. The normalized spacial score (nSPS) is 11.1. The van der Waals surface area contributed by atoms with Crippen LogP contribution in [0.1, 0.15) is 30.6 Å². The Bertz CT molecular complexity index is 967. The monoisotopic (exact) mass is 423 g/mol. The van der Waals surface area contributed by atoms with Crippen molar-refractivity contribution in [3.63, 3.8) is 0 Å². The Morgan fingerprint density at radius 3 is 2.61 bits per heavy atom. The third-order valence-corrected chi connectivity index (χ3v) is 5.04. The maximum Gasteiger partial charge on any atom is 0.253 e. The quantitative estimate of drug-likeness (QED) is 0.431. The van der Waals surface area contributed by atoms with Gasteiger partial charge in [-0.1, -0.05) is 44.2 Å². The lowest BCUT2D eigenvalue weighted by Crippen LogP contribution is -2.27. The van der Waals surface area contributed by atoms with Gasteiger partial charge in [-0.25, -0.2) is 0 Å². The van der Waals surface area contributed by atoms with Crippen molar-refractivity contribution in [3.05, 3.63) is 60.3 Å². The van der Waals surface area contributed by atoms with E-state index in [0.717, 1.165) is 48.5 Å². The third kappa shape index (κ3) is 6.25. The first-order valence-corrected chi connectivity index (χ1v) is 10.9. The molecule has 0 atom stereocenters. The molecule has 1 amide bonds. The average molecular weight is 424 g/mol. The van der Waals surface area contributed by atoms with E-state index in [1.165, 1.54) is 0 Å². The molecule has 3 aromatic rings. The molecule has 0 spiro atoms. The van der Waals surface area contributed by atoms with Gasteiger partial charge in [0, 0.05) is 31.2 Å². The van der Waals surface area contributed by atoms with Gasteiger partial charge in [-0.15, -0.1) is 0 Å². The number of nitrogens with one attached hydrogen (secondary N) is 2. The van der Waals surface area contributed by atoms with Crippen molar-refractivity contribution in [1.82, 2.24) is 15.2 Å². The summed E-state index contributed by atoms with van der Waals surface area (Å²) in [5.74, 6) is 2.04. The minimum absolute atomic E-state index is 0.0399. The van der Waals surface area contributed by atoms with Crippen molar-refractivity contribution in [2.75, 3.05) is 33.4 Å². The molecule has 0 fully saturated rings. The number of hydrogen-bond donors (Lipinski definition) is 2. The first kappa shape index (κ1) is 22.7. The van der Waals surface area contributed by atoms with Crippen LogP contribution in [0.5, 0.6) is 11.5 Å². The zero-order chi connectivity index (χ0) is 22.1. The van der Waals surface area contributed by atoms with E-state index in [1.807, 2.05) is 54.7 Å². The van der Waals surface area contributed by atoms with Crippen LogP contribution in [0.25, 0.3) is 10.9 Å². The smallest absolute Gasteiger partial charge is 0.253 e. The Morgan fingerprint density at radius 1 is 1.06 bits per heavy atom. The topological polar surface area (TPSA) is 64.5 Å². The fourth-order valence-electron chi connectivity index (χ4n) is 3.50. The molecule has 6 nitrogen and oxygen atoms in total. The van der Waals surface area contributed by atoms with Gasteiger partial charge in [-0.3, -0.25) is 4.79 Å². The molecule has 3 rings (SSSR count). The van der Waals surface area contributed by atoms with Crippen LogP contribution in [0.2, 0.25) is 0 Å². The molecule has 0 unspecified atom stereocenters. The van der Waals surface area contributed by atoms with Crippen LogP contribution in [-0.2, 0) is 6.54 Å². The summed E-state index contributed by atoms with van der Waals surface area (Å²) in [5, 5.41) is 7.36. The molecule has 0 aliphatic rings. The summed E-state index contributed by atoms with van der Waals surface area (Å²) < 4.78 is 13.4. The maximum absolute atomic E-state index is 12.7. The highest BCUT2D eigenvalue weighted by molar-refractivity contribution is 6.08. The number of amides is 1. The highest BCUT2D eigenvalue weighted by Gasteiger charge is 2.17. The second kappa shape index (κ2) is 11.4. The molecule has 0 bridgehead atoms. The number of para-hydroxylation sites is 2. The minimum Gasteiger partial charge on any atom is -0.495 e. The minimum atomic E-state index is -0.0399.